The molecule has 2 saturated heterocycles. The molecule has 0 amide bonds. The molecular formula is C13H19BrN2O3S2. The Morgan fingerprint density at radius 1 is 1.33 bits per heavy atom. The molecule has 2 aliphatic heterocycles. The van der Waals surface area contributed by atoms with Crippen LogP contribution in [0.25, 0.3) is 0 Å². The average molecular weight is 395 g/mol. The van der Waals surface area contributed by atoms with Crippen LogP contribution in [0.15, 0.2) is 14.7 Å². The highest BCUT2D eigenvalue weighted by Gasteiger charge is 2.37. The summed E-state index contributed by atoms with van der Waals surface area (Å²) in [5.74, 6) is 0. The predicted octanol–water partition coefficient (Wildman–Crippen LogP) is 1.86. The zero-order valence-corrected chi connectivity index (χ0v) is 14.9. The molecule has 2 fully saturated rings. The minimum absolute atomic E-state index is 0.130. The van der Waals surface area contributed by atoms with Gasteiger partial charge in [-0.3, -0.25) is 4.90 Å². The van der Waals surface area contributed by atoms with Crippen molar-refractivity contribution in [2.45, 2.75) is 36.8 Å². The SMILES string of the molecule is O=S(=O)(c1cc(CO)sc1Br)N1CCC(N2CCCC2)C1. The molecule has 8 heteroatoms. The highest BCUT2D eigenvalue weighted by Crippen LogP contribution is 2.35. The highest BCUT2D eigenvalue weighted by atomic mass is 79.9. The van der Waals surface area contributed by atoms with Crippen molar-refractivity contribution < 1.29 is 13.5 Å². The molecule has 2 aliphatic rings. The van der Waals surface area contributed by atoms with E-state index < -0.39 is 10.0 Å². The van der Waals surface area contributed by atoms with Gasteiger partial charge in [0.1, 0.15) is 4.90 Å². The summed E-state index contributed by atoms with van der Waals surface area (Å²) in [4.78, 5) is 3.37. The second kappa shape index (κ2) is 6.25. The Morgan fingerprint density at radius 2 is 2.05 bits per heavy atom. The van der Waals surface area contributed by atoms with E-state index >= 15 is 0 Å². The molecule has 21 heavy (non-hydrogen) atoms. The van der Waals surface area contributed by atoms with Crippen LogP contribution >= 0.6 is 27.3 Å². The van der Waals surface area contributed by atoms with Gasteiger partial charge in [0, 0.05) is 24.0 Å². The summed E-state index contributed by atoms with van der Waals surface area (Å²) in [5.41, 5.74) is 0. The van der Waals surface area contributed by atoms with E-state index in [1.165, 1.54) is 24.2 Å². The van der Waals surface area contributed by atoms with Gasteiger partial charge in [-0.05, 0) is 54.3 Å². The topological polar surface area (TPSA) is 60.9 Å². The molecule has 0 radical (unpaired) electrons. The molecule has 118 valence electrons. The van der Waals surface area contributed by atoms with Crippen LogP contribution in [0.5, 0.6) is 0 Å². The minimum Gasteiger partial charge on any atom is -0.391 e. The van der Waals surface area contributed by atoms with E-state index in [4.69, 9.17) is 5.11 Å². The quantitative estimate of drug-likeness (QED) is 0.846. The van der Waals surface area contributed by atoms with Crippen molar-refractivity contribution >= 4 is 37.3 Å². The lowest BCUT2D eigenvalue weighted by Crippen LogP contribution is -2.37. The van der Waals surface area contributed by atoms with Crippen molar-refractivity contribution in [2.75, 3.05) is 26.2 Å². The van der Waals surface area contributed by atoms with E-state index in [1.807, 2.05) is 0 Å². The first kappa shape index (κ1) is 15.9. The van der Waals surface area contributed by atoms with Crippen LogP contribution in [0.4, 0.5) is 0 Å². The predicted molar refractivity (Wildman–Crippen MR) is 85.9 cm³/mol. The fourth-order valence-corrected chi connectivity index (χ4v) is 7.11. The average Bonchev–Trinajstić information content (AvgIpc) is 3.18. The van der Waals surface area contributed by atoms with Crippen molar-refractivity contribution in [2.24, 2.45) is 0 Å². The summed E-state index contributed by atoms with van der Waals surface area (Å²) in [6.45, 7) is 3.22. The molecule has 1 N–H and O–H groups in total. The van der Waals surface area contributed by atoms with E-state index in [1.54, 1.807) is 10.4 Å². The van der Waals surface area contributed by atoms with Gasteiger partial charge in [-0.1, -0.05) is 0 Å². The molecule has 0 aromatic carbocycles. The fraction of sp³-hybridized carbons (Fsp3) is 0.692. The van der Waals surface area contributed by atoms with Crippen molar-refractivity contribution in [3.05, 3.63) is 14.7 Å². The molecule has 0 aliphatic carbocycles. The van der Waals surface area contributed by atoms with E-state index in [2.05, 4.69) is 20.8 Å². The molecule has 1 aromatic rings. The Hall–Kier alpha value is 0.01000. The summed E-state index contributed by atoms with van der Waals surface area (Å²) in [5, 5.41) is 9.17. The van der Waals surface area contributed by atoms with Gasteiger partial charge in [0.15, 0.2) is 0 Å². The normalized spacial score (nSPS) is 25.0. The lowest BCUT2D eigenvalue weighted by Gasteiger charge is -2.23. The molecule has 1 aromatic heterocycles. The van der Waals surface area contributed by atoms with Crippen LogP contribution < -0.4 is 0 Å². The number of rotatable bonds is 4. The third kappa shape index (κ3) is 3.07. The Labute approximate surface area is 137 Å². The number of halogens is 1. The van der Waals surface area contributed by atoms with Gasteiger partial charge < -0.3 is 5.11 Å². The van der Waals surface area contributed by atoms with E-state index in [9.17, 15) is 8.42 Å². The molecule has 5 nitrogen and oxygen atoms in total. The van der Waals surface area contributed by atoms with Crippen LogP contribution in [0.3, 0.4) is 0 Å². The zero-order valence-electron chi connectivity index (χ0n) is 11.7. The van der Waals surface area contributed by atoms with Gasteiger partial charge in [0.2, 0.25) is 10.0 Å². The third-order valence-corrected chi connectivity index (χ3v) is 8.37. The summed E-state index contributed by atoms with van der Waals surface area (Å²) in [7, 11) is -3.46. The smallest absolute Gasteiger partial charge is 0.245 e. The maximum absolute atomic E-state index is 12.7. The highest BCUT2D eigenvalue weighted by molar-refractivity contribution is 9.11. The molecule has 0 saturated carbocycles. The van der Waals surface area contributed by atoms with Gasteiger partial charge in [0.05, 0.1) is 10.4 Å². The van der Waals surface area contributed by atoms with Gasteiger partial charge >= 0.3 is 0 Å². The lowest BCUT2D eigenvalue weighted by atomic mass is 10.2. The Balaban J connectivity index is 1.77. The lowest BCUT2D eigenvalue weighted by molar-refractivity contribution is 0.251. The van der Waals surface area contributed by atoms with Crippen LogP contribution in [-0.4, -0.2) is 55.0 Å². The number of hydrogen-bond donors (Lipinski definition) is 1. The monoisotopic (exact) mass is 394 g/mol. The summed E-state index contributed by atoms with van der Waals surface area (Å²) >= 11 is 4.59. The molecule has 3 rings (SSSR count). The third-order valence-electron chi connectivity index (χ3n) is 4.26. The number of hydrogen-bond acceptors (Lipinski definition) is 5. The minimum atomic E-state index is -3.46. The second-order valence-corrected chi connectivity index (χ2v) is 9.92. The molecule has 0 bridgehead atoms. The van der Waals surface area contributed by atoms with Gasteiger partial charge in [-0.25, -0.2) is 8.42 Å². The van der Waals surface area contributed by atoms with Crippen molar-refractivity contribution in [1.29, 1.82) is 0 Å². The summed E-state index contributed by atoms with van der Waals surface area (Å²) in [6, 6.07) is 1.93. The Kier molecular flexibility index (Phi) is 4.73. The number of sulfonamides is 1. The van der Waals surface area contributed by atoms with Crippen molar-refractivity contribution in [1.82, 2.24) is 9.21 Å². The van der Waals surface area contributed by atoms with Gasteiger partial charge in [-0.2, -0.15) is 4.31 Å². The largest absolute Gasteiger partial charge is 0.391 e. The second-order valence-electron chi connectivity index (χ2n) is 5.56. The first-order valence-corrected chi connectivity index (χ1v) is 10.2. The number of nitrogens with zero attached hydrogens (tertiary/aromatic N) is 2. The van der Waals surface area contributed by atoms with Crippen molar-refractivity contribution in [3.8, 4) is 0 Å². The maximum Gasteiger partial charge on any atom is 0.245 e. The van der Waals surface area contributed by atoms with Crippen LogP contribution in [0.2, 0.25) is 0 Å². The Morgan fingerprint density at radius 3 is 2.67 bits per heavy atom. The fourth-order valence-electron chi connectivity index (χ4n) is 3.12. The Bertz CT molecular complexity index is 611. The maximum atomic E-state index is 12.7. The molecule has 0 spiro atoms. The molecule has 1 unspecified atom stereocenters. The zero-order chi connectivity index (χ0) is 15.0. The molecular weight excluding hydrogens is 376 g/mol. The van der Waals surface area contributed by atoms with E-state index in [-0.39, 0.29) is 6.61 Å². The van der Waals surface area contributed by atoms with Crippen molar-refractivity contribution in [3.63, 3.8) is 0 Å². The van der Waals surface area contributed by atoms with Gasteiger partial charge in [0.25, 0.3) is 0 Å². The number of likely N-dealkylation sites (tertiary alicyclic amines) is 1. The standard InChI is InChI=1S/C13H19BrN2O3S2/c14-13-12(7-11(9-17)20-13)21(18,19)16-6-3-10(8-16)15-4-1-2-5-15/h7,10,17H,1-6,8-9H2. The first-order valence-electron chi connectivity index (χ1n) is 7.15. The molecule has 1 atom stereocenters. The number of aliphatic hydroxyl groups excluding tert-OH is 1. The van der Waals surface area contributed by atoms with Crippen LogP contribution in [0.1, 0.15) is 24.1 Å². The van der Waals surface area contributed by atoms with Crippen LogP contribution in [0, 0.1) is 0 Å². The summed E-state index contributed by atoms with van der Waals surface area (Å²) < 4.78 is 27.7. The van der Waals surface area contributed by atoms with Crippen LogP contribution in [-0.2, 0) is 16.6 Å². The number of aliphatic hydroxyl groups is 1. The van der Waals surface area contributed by atoms with Gasteiger partial charge in [-0.15, -0.1) is 11.3 Å². The summed E-state index contributed by atoms with van der Waals surface area (Å²) in [6.07, 6.45) is 3.35. The van der Waals surface area contributed by atoms with E-state index in [0.29, 0.717) is 32.7 Å². The molecule has 3 heterocycles. The number of thiophene rings is 1. The first-order chi connectivity index (χ1) is 10.0. The van der Waals surface area contributed by atoms with E-state index in [0.717, 1.165) is 19.5 Å².